The van der Waals surface area contributed by atoms with Crippen LogP contribution in [0, 0.1) is 5.92 Å². The Hall–Kier alpha value is -0.380. The van der Waals surface area contributed by atoms with Crippen molar-refractivity contribution in [3.63, 3.8) is 0 Å². The Labute approximate surface area is 89.7 Å². The van der Waals surface area contributed by atoms with Gasteiger partial charge in [-0.1, -0.05) is 6.07 Å². The summed E-state index contributed by atoms with van der Waals surface area (Å²) in [5, 5.41) is 2.16. The minimum Gasteiger partial charge on any atom is -0.330 e. The van der Waals surface area contributed by atoms with Crippen molar-refractivity contribution in [1.29, 1.82) is 0 Å². The zero-order valence-corrected chi connectivity index (χ0v) is 9.46. The molecule has 0 aromatic carbocycles. The zero-order chi connectivity index (χ0) is 9.97. The van der Waals surface area contributed by atoms with E-state index in [1.54, 1.807) is 0 Å². The highest BCUT2D eigenvalue weighted by atomic mass is 32.1. The second-order valence-corrected chi connectivity index (χ2v) is 5.06. The summed E-state index contributed by atoms with van der Waals surface area (Å²) in [6.45, 7) is 5.52. The third kappa shape index (κ3) is 2.00. The Balaban J connectivity index is 1.97. The molecule has 2 N–H and O–H groups in total. The van der Waals surface area contributed by atoms with Gasteiger partial charge in [-0.15, -0.1) is 11.3 Å². The number of likely N-dealkylation sites (tertiary alicyclic amines) is 1. The Bertz CT molecular complexity index is 271. The lowest BCUT2D eigenvalue weighted by Crippen LogP contribution is -2.25. The van der Waals surface area contributed by atoms with Crippen molar-refractivity contribution in [3.05, 3.63) is 22.4 Å². The fourth-order valence-corrected chi connectivity index (χ4v) is 2.93. The van der Waals surface area contributed by atoms with E-state index in [4.69, 9.17) is 5.73 Å². The largest absolute Gasteiger partial charge is 0.330 e. The first-order valence-electron chi connectivity index (χ1n) is 5.28. The van der Waals surface area contributed by atoms with Gasteiger partial charge in [0.15, 0.2) is 0 Å². The van der Waals surface area contributed by atoms with Crippen LogP contribution in [0.15, 0.2) is 17.5 Å². The number of thiophene rings is 1. The standard InChI is InChI=1S/C11H18N2S/c1-9(11-3-2-6-14-11)13-5-4-10(7-12)8-13/h2-3,6,9-10H,4-5,7-8,12H2,1H3/t9-,10+/m0/s1. The first-order chi connectivity index (χ1) is 6.81. The molecule has 1 aromatic rings. The minimum absolute atomic E-state index is 0.576. The van der Waals surface area contributed by atoms with Gasteiger partial charge in [-0.3, -0.25) is 4.90 Å². The minimum atomic E-state index is 0.576. The molecule has 2 nitrogen and oxygen atoms in total. The first kappa shape index (κ1) is 10.1. The molecule has 3 heteroatoms. The number of nitrogens with zero attached hydrogens (tertiary/aromatic N) is 1. The van der Waals surface area contributed by atoms with Gasteiger partial charge in [0, 0.05) is 17.5 Å². The Morgan fingerprint density at radius 2 is 2.57 bits per heavy atom. The predicted octanol–water partition coefficient (Wildman–Crippen LogP) is 2.09. The molecular formula is C11H18N2S. The molecule has 2 heterocycles. The molecule has 1 aromatic heterocycles. The molecule has 1 aliphatic rings. The lowest BCUT2D eigenvalue weighted by atomic mass is 10.1. The number of nitrogens with two attached hydrogens (primary N) is 1. The summed E-state index contributed by atoms with van der Waals surface area (Å²) < 4.78 is 0. The Morgan fingerprint density at radius 1 is 1.71 bits per heavy atom. The summed E-state index contributed by atoms with van der Waals surface area (Å²) in [5.74, 6) is 0.720. The van der Waals surface area contributed by atoms with Crippen LogP contribution in [-0.2, 0) is 0 Å². The molecule has 2 atom stereocenters. The Morgan fingerprint density at radius 3 is 3.14 bits per heavy atom. The number of rotatable bonds is 3. The SMILES string of the molecule is C[C@@H](c1cccs1)N1CC[C@H](CN)C1. The van der Waals surface area contributed by atoms with Gasteiger partial charge in [0.2, 0.25) is 0 Å². The highest BCUT2D eigenvalue weighted by Gasteiger charge is 2.25. The second kappa shape index (κ2) is 4.43. The van der Waals surface area contributed by atoms with Gasteiger partial charge in [-0.05, 0) is 43.8 Å². The van der Waals surface area contributed by atoms with Gasteiger partial charge in [-0.2, -0.15) is 0 Å². The van der Waals surface area contributed by atoms with Crippen molar-refractivity contribution in [2.75, 3.05) is 19.6 Å². The monoisotopic (exact) mass is 210 g/mol. The summed E-state index contributed by atoms with van der Waals surface area (Å²) in [6.07, 6.45) is 1.27. The molecule has 1 saturated heterocycles. The van der Waals surface area contributed by atoms with Gasteiger partial charge < -0.3 is 5.73 Å². The quantitative estimate of drug-likeness (QED) is 0.827. The molecule has 0 saturated carbocycles. The van der Waals surface area contributed by atoms with Gasteiger partial charge in [0.1, 0.15) is 0 Å². The van der Waals surface area contributed by atoms with Crippen LogP contribution < -0.4 is 5.73 Å². The van der Waals surface area contributed by atoms with E-state index in [0.29, 0.717) is 6.04 Å². The topological polar surface area (TPSA) is 29.3 Å². The molecule has 0 radical (unpaired) electrons. The molecule has 78 valence electrons. The van der Waals surface area contributed by atoms with Crippen LogP contribution in [0.3, 0.4) is 0 Å². The van der Waals surface area contributed by atoms with Crippen molar-refractivity contribution >= 4 is 11.3 Å². The second-order valence-electron chi connectivity index (χ2n) is 4.08. The van der Waals surface area contributed by atoms with Crippen LogP contribution in [0.25, 0.3) is 0 Å². The van der Waals surface area contributed by atoms with E-state index >= 15 is 0 Å². The number of hydrogen-bond acceptors (Lipinski definition) is 3. The maximum Gasteiger partial charge on any atom is 0.0413 e. The van der Waals surface area contributed by atoms with Crippen LogP contribution in [0.4, 0.5) is 0 Å². The fraction of sp³-hybridized carbons (Fsp3) is 0.636. The molecular weight excluding hydrogens is 192 g/mol. The summed E-state index contributed by atoms with van der Waals surface area (Å²) in [5.41, 5.74) is 5.69. The molecule has 1 fully saturated rings. The summed E-state index contributed by atoms with van der Waals surface area (Å²) in [7, 11) is 0. The summed E-state index contributed by atoms with van der Waals surface area (Å²) in [6, 6.07) is 4.93. The predicted molar refractivity (Wildman–Crippen MR) is 61.5 cm³/mol. The molecule has 0 bridgehead atoms. The molecule has 0 aliphatic carbocycles. The van der Waals surface area contributed by atoms with Crippen molar-refractivity contribution in [2.24, 2.45) is 11.7 Å². The molecule has 0 spiro atoms. The normalized spacial score (nSPS) is 25.4. The van der Waals surface area contributed by atoms with E-state index in [0.717, 1.165) is 12.5 Å². The third-order valence-corrected chi connectivity index (χ3v) is 4.20. The van der Waals surface area contributed by atoms with Gasteiger partial charge in [0.05, 0.1) is 0 Å². The molecule has 1 aliphatic heterocycles. The van der Waals surface area contributed by atoms with E-state index < -0.39 is 0 Å². The van der Waals surface area contributed by atoms with E-state index in [1.807, 2.05) is 11.3 Å². The van der Waals surface area contributed by atoms with Crippen LogP contribution >= 0.6 is 11.3 Å². The van der Waals surface area contributed by atoms with Crippen molar-refractivity contribution in [1.82, 2.24) is 4.90 Å². The lowest BCUT2D eigenvalue weighted by molar-refractivity contribution is 0.257. The van der Waals surface area contributed by atoms with E-state index in [-0.39, 0.29) is 0 Å². The van der Waals surface area contributed by atoms with Crippen LogP contribution in [0.5, 0.6) is 0 Å². The maximum atomic E-state index is 5.69. The number of hydrogen-bond donors (Lipinski definition) is 1. The highest BCUT2D eigenvalue weighted by molar-refractivity contribution is 7.10. The van der Waals surface area contributed by atoms with Gasteiger partial charge >= 0.3 is 0 Å². The van der Waals surface area contributed by atoms with Crippen LogP contribution in [-0.4, -0.2) is 24.5 Å². The average Bonchev–Trinajstić information content (AvgIpc) is 2.88. The maximum absolute atomic E-state index is 5.69. The molecule has 0 unspecified atom stereocenters. The van der Waals surface area contributed by atoms with Crippen LogP contribution in [0.2, 0.25) is 0 Å². The summed E-state index contributed by atoms with van der Waals surface area (Å²) >= 11 is 1.85. The molecule has 14 heavy (non-hydrogen) atoms. The van der Waals surface area contributed by atoms with Crippen molar-refractivity contribution in [3.8, 4) is 0 Å². The van der Waals surface area contributed by atoms with E-state index in [9.17, 15) is 0 Å². The van der Waals surface area contributed by atoms with Gasteiger partial charge in [0.25, 0.3) is 0 Å². The lowest BCUT2D eigenvalue weighted by Gasteiger charge is -2.23. The van der Waals surface area contributed by atoms with Gasteiger partial charge in [-0.25, -0.2) is 0 Å². The fourth-order valence-electron chi connectivity index (χ4n) is 2.12. The smallest absolute Gasteiger partial charge is 0.0413 e. The molecule has 0 amide bonds. The zero-order valence-electron chi connectivity index (χ0n) is 8.65. The highest BCUT2D eigenvalue weighted by Crippen LogP contribution is 2.29. The van der Waals surface area contributed by atoms with E-state index in [1.165, 1.54) is 24.4 Å². The van der Waals surface area contributed by atoms with Crippen molar-refractivity contribution < 1.29 is 0 Å². The van der Waals surface area contributed by atoms with E-state index in [2.05, 4.69) is 29.3 Å². The first-order valence-corrected chi connectivity index (χ1v) is 6.16. The molecule has 2 rings (SSSR count). The average molecular weight is 210 g/mol. The Kier molecular flexibility index (Phi) is 3.21. The van der Waals surface area contributed by atoms with Crippen LogP contribution in [0.1, 0.15) is 24.3 Å². The summed E-state index contributed by atoms with van der Waals surface area (Å²) in [4.78, 5) is 4.02. The van der Waals surface area contributed by atoms with Crippen molar-refractivity contribution in [2.45, 2.75) is 19.4 Å². The third-order valence-electron chi connectivity index (χ3n) is 3.15.